The first-order valence-electron chi connectivity index (χ1n) is 9.46. The van der Waals surface area contributed by atoms with Crippen LogP contribution in [-0.2, 0) is 16.1 Å². The van der Waals surface area contributed by atoms with Gasteiger partial charge in [-0.05, 0) is 54.0 Å². The number of hydrogen-bond donors (Lipinski definition) is 1. The summed E-state index contributed by atoms with van der Waals surface area (Å²) in [7, 11) is 1.35. The first kappa shape index (κ1) is 21.4. The van der Waals surface area contributed by atoms with E-state index in [9.17, 15) is 9.59 Å². The molecule has 0 saturated carbocycles. The summed E-state index contributed by atoms with van der Waals surface area (Å²) in [6, 6.07) is 11.4. The van der Waals surface area contributed by atoms with Gasteiger partial charge in [0.2, 0.25) is 0 Å². The topological polar surface area (TPSA) is 80.8 Å². The third-order valence-corrected chi connectivity index (χ3v) is 5.85. The van der Waals surface area contributed by atoms with Gasteiger partial charge >= 0.3 is 12.1 Å². The predicted octanol–water partition coefficient (Wildman–Crippen LogP) is 4.07. The summed E-state index contributed by atoms with van der Waals surface area (Å²) in [6.45, 7) is 2.73. The van der Waals surface area contributed by atoms with Crippen molar-refractivity contribution in [3.05, 3.63) is 57.3 Å². The number of carbonyl (C=O) groups excluding carboxylic acids is 2. The molecule has 3 rings (SSSR count). The number of carbonyl (C=O) groups is 2. The summed E-state index contributed by atoms with van der Waals surface area (Å²) in [5.74, 6) is 0.0363. The minimum atomic E-state index is -0.437. The lowest BCUT2D eigenvalue weighted by Crippen LogP contribution is -2.50. The number of esters is 1. The number of anilines is 1. The van der Waals surface area contributed by atoms with Crippen LogP contribution in [0.5, 0.6) is 0 Å². The molecule has 1 N–H and O–H groups in total. The fourth-order valence-corrected chi connectivity index (χ4v) is 3.96. The molecule has 29 heavy (non-hydrogen) atoms. The zero-order valence-electron chi connectivity index (χ0n) is 16.4. The molecule has 2 heterocycles. The summed E-state index contributed by atoms with van der Waals surface area (Å²) >= 11 is 2.09. The van der Waals surface area contributed by atoms with Crippen molar-refractivity contribution in [3.8, 4) is 0 Å². The van der Waals surface area contributed by atoms with E-state index in [1.165, 1.54) is 7.11 Å². The van der Waals surface area contributed by atoms with Crippen molar-refractivity contribution in [2.45, 2.75) is 38.5 Å². The summed E-state index contributed by atoms with van der Waals surface area (Å²) in [6.07, 6.45) is 3.00. The van der Waals surface area contributed by atoms with E-state index in [4.69, 9.17) is 9.47 Å². The van der Waals surface area contributed by atoms with Crippen molar-refractivity contribution >= 4 is 40.5 Å². The Morgan fingerprint density at radius 1 is 1.24 bits per heavy atom. The predicted molar refractivity (Wildman–Crippen MR) is 118 cm³/mol. The fraction of sp³-hybridized carbons (Fsp3) is 0.381. The number of hydrogen-bond acceptors (Lipinski definition) is 6. The quantitative estimate of drug-likeness (QED) is 0.484. The van der Waals surface area contributed by atoms with Gasteiger partial charge in [0, 0.05) is 28.4 Å². The second-order valence-electron chi connectivity index (χ2n) is 6.97. The highest BCUT2D eigenvalue weighted by Crippen LogP contribution is 2.25. The molecule has 0 unspecified atom stereocenters. The number of nitrogens with zero attached hydrogens (tertiary/aromatic N) is 2. The molecule has 8 heteroatoms. The summed E-state index contributed by atoms with van der Waals surface area (Å²) < 4.78 is 11.2. The number of amides is 1. The van der Waals surface area contributed by atoms with Crippen molar-refractivity contribution in [1.82, 2.24) is 9.88 Å². The van der Waals surface area contributed by atoms with Crippen molar-refractivity contribution in [3.63, 3.8) is 0 Å². The summed E-state index contributed by atoms with van der Waals surface area (Å²) in [5, 5.41) is 3.32. The molecule has 2 aromatic rings. The van der Waals surface area contributed by atoms with Gasteiger partial charge in [-0.1, -0.05) is 30.3 Å². The van der Waals surface area contributed by atoms with Crippen LogP contribution in [0.25, 0.3) is 0 Å². The molecule has 1 fully saturated rings. The number of methoxy groups -OCH3 is 1. The second-order valence-corrected chi connectivity index (χ2v) is 8.13. The molecule has 0 bridgehead atoms. The molecule has 0 spiro atoms. The van der Waals surface area contributed by atoms with Crippen molar-refractivity contribution in [1.29, 1.82) is 0 Å². The molecule has 1 amide bonds. The number of aromatic nitrogens is 1. The van der Waals surface area contributed by atoms with Gasteiger partial charge in [0.15, 0.2) is 0 Å². The van der Waals surface area contributed by atoms with Gasteiger partial charge in [-0.2, -0.15) is 0 Å². The van der Waals surface area contributed by atoms with Gasteiger partial charge in [-0.3, -0.25) is 0 Å². The lowest BCUT2D eigenvalue weighted by molar-refractivity contribution is 0.0598. The number of ether oxygens (including phenoxy) is 2. The number of nitrogens with one attached hydrogen (secondary N) is 1. The Balaban J connectivity index is 1.66. The van der Waals surface area contributed by atoms with Gasteiger partial charge in [-0.25, -0.2) is 14.6 Å². The highest BCUT2D eigenvalue weighted by Gasteiger charge is 2.31. The van der Waals surface area contributed by atoms with E-state index in [-0.39, 0.29) is 24.8 Å². The molecule has 0 radical (unpaired) electrons. The van der Waals surface area contributed by atoms with Crippen molar-refractivity contribution in [2.75, 3.05) is 19.0 Å². The Kier molecular flexibility index (Phi) is 7.29. The zero-order valence-corrected chi connectivity index (χ0v) is 18.6. The Morgan fingerprint density at radius 3 is 2.72 bits per heavy atom. The first-order chi connectivity index (χ1) is 14.0. The van der Waals surface area contributed by atoms with E-state index in [1.54, 1.807) is 17.2 Å². The normalized spacial score (nSPS) is 18.8. The minimum Gasteiger partial charge on any atom is -0.465 e. The maximum Gasteiger partial charge on any atom is 0.410 e. The molecule has 0 aliphatic carbocycles. The summed E-state index contributed by atoms with van der Waals surface area (Å²) in [5.41, 5.74) is 1.36. The maximum absolute atomic E-state index is 12.6. The van der Waals surface area contributed by atoms with E-state index in [0.717, 1.165) is 22.0 Å². The van der Waals surface area contributed by atoms with Crippen LogP contribution in [0, 0.1) is 3.57 Å². The van der Waals surface area contributed by atoms with Gasteiger partial charge in [-0.15, -0.1) is 0 Å². The maximum atomic E-state index is 12.6. The average Bonchev–Trinajstić information content (AvgIpc) is 2.73. The van der Waals surface area contributed by atoms with E-state index in [0.29, 0.717) is 17.9 Å². The molecule has 1 aliphatic rings. The van der Waals surface area contributed by atoms with Crippen LogP contribution in [0.1, 0.15) is 35.7 Å². The molecular formula is C21H24IN3O4. The zero-order chi connectivity index (χ0) is 20.8. The molecule has 1 aliphatic heterocycles. The third-order valence-electron chi connectivity index (χ3n) is 4.95. The number of piperidine rings is 1. The van der Waals surface area contributed by atoms with E-state index < -0.39 is 5.97 Å². The Morgan fingerprint density at radius 2 is 2.00 bits per heavy atom. The molecule has 1 aromatic carbocycles. The molecule has 2 atom stereocenters. The van der Waals surface area contributed by atoms with Crippen LogP contribution in [-0.4, -0.2) is 47.7 Å². The number of halogens is 1. The number of pyridine rings is 1. The van der Waals surface area contributed by atoms with Crippen LogP contribution in [0.4, 0.5) is 10.6 Å². The summed E-state index contributed by atoms with van der Waals surface area (Å²) in [4.78, 5) is 30.8. The lowest BCUT2D eigenvalue weighted by Gasteiger charge is -2.37. The molecule has 7 nitrogen and oxygen atoms in total. The van der Waals surface area contributed by atoms with E-state index in [1.807, 2.05) is 37.3 Å². The Hall–Kier alpha value is -2.36. The van der Waals surface area contributed by atoms with Gasteiger partial charge < -0.3 is 19.7 Å². The van der Waals surface area contributed by atoms with Gasteiger partial charge in [0.25, 0.3) is 0 Å². The van der Waals surface area contributed by atoms with Crippen LogP contribution < -0.4 is 5.32 Å². The molecular weight excluding hydrogens is 485 g/mol. The van der Waals surface area contributed by atoms with Crippen molar-refractivity contribution in [2.24, 2.45) is 0 Å². The fourth-order valence-electron chi connectivity index (χ4n) is 3.32. The number of benzene rings is 1. The number of rotatable bonds is 5. The molecule has 1 saturated heterocycles. The lowest BCUT2D eigenvalue weighted by atomic mass is 9.99. The molecule has 154 valence electrons. The Labute approximate surface area is 183 Å². The van der Waals surface area contributed by atoms with Crippen LogP contribution >= 0.6 is 22.6 Å². The highest BCUT2D eigenvalue weighted by molar-refractivity contribution is 14.1. The largest absolute Gasteiger partial charge is 0.465 e. The van der Waals surface area contributed by atoms with Gasteiger partial charge in [0.1, 0.15) is 18.0 Å². The van der Waals surface area contributed by atoms with Crippen LogP contribution in [0.2, 0.25) is 0 Å². The standard InChI is InChI=1S/C21H24IN3O4/c1-14-8-9-16(24-19-18(20(26)28-2)17(22)10-11-23-19)12-25(14)21(27)29-13-15-6-4-3-5-7-15/h3-7,10-11,14,16H,8-9,12-13H2,1-2H3,(H,23,24)/t14-,16-/m1/s1. The smallest absolute Gasteiger partial charge is 0.410 e. The van der Waals surface area contributed by atoms with Gasteiger partial charge in [0.05, 0.1) is 7.11 Å². The third kappa shape index (κ3) is 5.37. The monoisotopic (exact) mass is 509 g/mol. The van der Waals surface area contributed by atoms with E-state index >= 15 is 0 Å². The number of likely N-dealkylation sites (tertiary alicyclic amines) is 1. The molecule has 1 aromatic heterocycles. The highest BCUT2D eigenvalue weighted by atomic mass is 127. The second kappa shape index (κ2) is 9.91. The van der Waals surface area contributed by atoms with Crippen LogP contribution in [0.15, 0.2) is 42.6 Å². The van der Waals surface area contributed by atoms with Crippen LogP contribution in [0.3, 0.4) is 0 Å². The SMILES string of the molecule is COC(=O)c1c(I)ccnc1N[C@@H]1CC[C@@H](C)N(C(=O)OCc2ccccc2)C1. The minimum absolute atomic E-state index is 0.0374. The average molecular weight is 509 g/mol. The Bertz CT molecular complexity index is 862. The first-order valence-corrected chi connectivity index (χ1v) is 10.5. The van der Waals surface area contributed by atoms with E-state index in [2.05, 4.69) is 32.9 Å². The van der Waals surface area contributed by atoms with Crippen molar-refractivity contribution < 1.29 is 19.1 Å².